The summed E-state index contributed by atoms with van der Waals surface area (Å²) < 4.78 is 10.6. The van der Waals surface area contributed by atoms with Crippen LogP contribution in [0.1, 0.15) is 34.1 Å². The molecule has 0 aromatic carbocycles. The molecule has 0 bridgehead atoms. The Labute approximate surface area is 91.5 Å². The van der Waals surface area contributed by atoms with Gasteiger partial charge in [-0.15, -0.1) is 0 Å². The number of rotatable bonds is 1. The van der Waals surface area contributed by atoms with Gasteiger partial charge in [0.1, 0.15) is 11.8 Å². The fourth-order valence-electron chi connectivity index (χ4n) is 1.80. The van der Waals surface area contributed by atoms with E-state index in [0.717, 1.165) is 6.42 Å². The van der Waals surface area contributed by atoms with Crippen molar-refractivity contribution < 1.29 is 14.3 Å². The maximum Gasteiger partial charge on any atom is 0.412 e. The van der Waals surface area contributed by atoms with Gasteiger partial charge in [0.05, 0.1) is 0 Å². The van der Waals surface area contributed by atoms with E-state index in [1.54, 1.807) is 12.0 Å². The summed E-state index contributed by atoms with van der Waals surface area (Å²) in [6.45, 7) is 8.40. The summed E-state index contributed by atoms with van der Waals surface area (Å²) >= 11 is 0. The third-order valence-electron chi connectivity index (χ3n) is 2.49. The van der Waals surface area contributed by atoms with Gasteiger partial charge in [0.2, 0.25) is 0 Å². The minimum atomic E-state index is -0.443. The number of ether oxygens (including phenoxy) is 2. The molecule has 0 aliphatic carbocycles. The molecule has 0 N–H and O–H groups in total. The van der Waals surface area contributed by atoms with Gasteiger partial charge in [0, 0.05) is 19.6 Å². The minimum Gasteiger partial charge on any atom is -0.444 e. The number of nitrogens with zero attached hydrogens (tertiary/aromatic N) is 1. The zero-order valence-corrected chi connectivity index (χ0v) is 10.2. The summed E-state index contributed by atoms with van der Waals surface area (Å²) in [7, 11) is 1.63. The third-order valence-corrected chi connectivity index (χ3v) is 2.49. The molecule has 0 radical (unpaired) electrons. The highest BCUT2D eigenvalue weighted by Crippen LogP contribution is 2.26. The van der Waals surface area contributed by atoms with Crippen molar-refractivity contribution in [2.24, 2.45) is 5.92 Å². The van der Waals surface area contributed by atoms with Gasteiger partial charge >= 0.3 is 6.09 Å². The largest absolute Gasteiger partial charge is 0.444 e. The van der Waals surface area contributed by atoms with Crippen molar-refractivity contribution in [2.75, 3.05) is 13.7 Å². The Bertz CT molecular complexity index is 234. The van der Waals surface area contributed by atoms with E-state index in [9.17, 15) is 4.79 Å². The molecule has 1 aliphatic heterocycles. The summed E-state index contributed by atoms with van der Waals surface area (Å²) in [5, 5.41) is 0. The van der Waals surface area contributed by atoms with Crippen molar-refractivity contribution in [2.45, 2.75) is 45.9 Å². The number of methoxy groups -OCH3 is 1. The van der Waals surface area contributed by atoms with Crippen molar-refractivity contribution in [3.8, 4) is 0 Å². The molecule has 15 heavy (non-hydrogen) atoms. The molecule has 1 saturated heterocycles. The van der Waals surface area contributed by atoms with Gasteiger partial charge < -0.3 is 9.47 Å². The normalized spacial score (nSPS) is 26.9. The van der Waals surface area contributed by atoms with Crippen LogP contribution in [-0.4, -0.2) is 36.5 Å². The van der Waals surface area contributed by atoms with Gasteiger partial charge in [-0.2, -0.15) is 0 Å². The second kappa shape index (κ2) is 4.39. The van der Waals surface area contributed by atoms with Crippen LogP contribution in [0.2, 0.25) is 0 Å². The zero-order chi connectivity index (χ0) is 11.6. The molecule has 2 unspecified atom stereocenters. The highest BCUT2D eigenvalue weighted by atomic mass is 16.6. The van der Waals surface area contributed by atoms with Crippen LogP contribution < -0.4 is 0 Å². The minimum absolute atomic E-state index is 0.139. The Morgan fingerprint density at radius 1 is 1.40 bits per heavy atom. The van der Waals surface area contributed by atoms with Crippen molar-refractivity contribution in [3.63, 3.8) is 0 Å². The van der Waals surface area contributed by atoms with E-state index in [1.165, 1.54) is 0 Å². The number of carbonyl (C=O) groups excluding carboxylic acids is 1. The molecule has 0 saturated carbocycles. The average Bonchev–Trinajstić information content (AvgIpc) is 2.43. The molecular weight excluding hydrogens is 194 g/mol. The topological polar surface area (TPSA) is 38.8 Å². The monoisotopic (exact) mass is 215 g/mol. The third kappa shape index (κ3) is 3.09. The SMILES string of the molecule is COC1C(C)CCN1C(=O)OC(C)(C)C. The van der Waals surface area contributed by atoms with E-state index in [0.29, 0.717) is 12.5 Å². The Kier molecular flexibility index (Phi) is 3.60. The van der Waals surface area contributed by atoms with Crippen LogP contribution in [0.25, 0.3) is 0 Å². The van der Waals surface area contributed by atoms with Crippen LogP contribution in [0.5, 0.6) is 0 Å². The van der Waals surface area contributed by atoms with Gasteiger partial charge in [-0.25, -0.2) is 4.79 Å². The molecule has 1 rings (SSSR count). The molecule has 2 atom stereocenters. The van der Waals surface area contributed by atoms with Crippen LogP contribution in [0.15, 0.2) is 0 Å². The highest BCUT2D eigenvalue weighted by molar-refractivity contribution is 5.68. The quantitative estimate of drug-likeness (QED) is 0.673. The molecule has 4 heteroatoms. The summed E-state index contributed by atoms with van der Waals surface area (Å²) in [6.07, 6.45) is 0.552. The summed E-state index contributed by atoms with van der Waals surface area (Å²) in [5.74, 6) is 0.377. The van der Waals surface area contributed by atoms with E-state index in [2.05, 4.69) is 6.92 Å². The maximum absolute atomic E-state index is 11.8. The van der Waals surface area contributed by atoms with Crippen LogP contribution in [-0.2, 0) is 9.47 Å². The lowest BCUT2D eigenvalue weighted by Gasteiger charge is -2.28. The van der Waals surface area contributed by atoms with Crippen molar-refractivity contribution >= 4 is 6.09 Å². The Morgan fingerprint density at radius 2 is 2.00 bits per heavy atom. The van der Waals surface area contributed by atoms with E-state index in [-0.39, 0.29) is 12.3 Å². The number of hydrogen-bond donors (Lipinski definition) is 0. The average molecular weight is 215 g/mol. The fraction of sp³-hybridized carbons (Fsp3) is 0.909. The first kappa shape index (κ1) is 12.3. The second-order valence-electron chi connectivity index (χ2n) is 5.07. The molecule has 0 spiro atoms. The molecule has 4 nitrogen and oxygen atoms in total. The summed E-state index contributed by atoms with van der Waals surface area (Å²) in [4.78, 5) is 13.5. The smallest absolute Gasteiger partial charge is 0.412 e. The van der Waals surface area contributed by atoms with Gasteiger partial charge in [-0.3, -0.25) is 4.90 Å². The Hall–Kier alpha value is -0.770. The molecule has 1 fully saturated rings. The number of likely N-dealkylation sites (tertiary alicyclic amines) is 1. The first-order chi connectivity index (χ1) is 6.85. The van der Waals surface area contributed by atoms with Gasteiger partial charge in [-0.05, 0) is 27.2 Å². The standard InChI is InChI=1S/C11H21NO3/c1-8-6-7-12(9(8)14-5)10(13)15-11(2,3)4/h8-9H,6-7H2,1-5H3. The van der Waals surface area contributed by atoms with E-state index in [4.69, 9.17) is 9.47 Å². The van der Waals surface area contributed by atoms with Crippen LogP contribution in [0.3, 0.4) is 0 Å². The van der Waals surface area contributed by atoms with Crippen LogP contribution in [0.4, 0.5) is 4.79 Å². The van der Waals surface area contributed by atoms with Crippen molar-refractivity contribution in [1.82, 2.24) is 4.90 Å². The lowest BCUT2D eigenvalue weighted by molar-refractivity contribution is -0.0438. The molecule has 0 aromatic heterocycles. The number of carbonyl (C=O) groups is 1. The van der Waals surface area contributed by atoms with Crippen molar-refractivity contribution in [3.05, 3.63) is 0 Å². The molecule has 1 amide bonds. The predicted octanol–water partition coefficient (Wildman–Crippen LogP) is 2.24. The van der Waals surface area contributed by atoms with Crippen LogP contribution >= 0.6 is 0 Å². The Morgan fingerprint density at radius 3 is 2.47 bits per heavy atom. The summed E-state index contributed by atoms with van der Waals surface area (Å²) in [5.41, 5.74) is -0.443. The van der Waals surface area contributed by atoms with E-state index >= 15 is 0 Å². The maximum atomic E-state index is 11.8. The van der Waals surface area contributed by atoms with Gasteiger partial charge in [-0.1, -0.05) is 6.92 Å². The second-order valence-corrected chi connectivity index (χ2v) is 5.07. The van der Waals surface area contributed by atoms with Gasteiger partial charge in [0.15, 0.2) is 0 Å². The van der Waals surface area contributed by atoms with Gasteiger partial charge in [0.25, 0.3) is 0 Å². The predicted molar refractivity (Wildman–Crippen MR) is 57.5 cm³/mol. The molecule has 88 valence electrons. The lowest BCUT2D eigenvalue weighted by Crippen LogP contribution is -2.41. The highest BCUT2D eigenvalue weighted by Gasteiger charge is 2.36. The first-order valence-electron chi connectivity index (χ1n) is 5.37. The molecular formula is C11H21NO3. The van der Waals surface area contributed by atoms with Crippen LogP contribution in [0, 0.1) is 5.92 Å². The van der Waals surface area contributed by atoms with Crippen molar-refractivity contribution in [1.29, 1.82) is 0 Å². The van der Waals surface area contributed by atoms with E-state index < -0.39 is 5.60 Å². The summed E-state index contributed by atoms with van der Waals surface area (Å²) in [6, 6.07) is 0. The first-order valence-corrected chi connectivity index (χ1v) is 5.37. The molecule has 1 heterocycles. The Balaban J connectivity index is 2.60. The lowest BCUT2D eigenvalue weighted by atomic mass is 10.1. The molecule has 0 aromatic rings. The molecule has 1 aliphatic rings. The van der Waals surface area contributed by atoms with E-state index in [1.807, 2.05) is 20.8 Å². The fourth-order valence-corrected chi connectivity index (χ4v) is 1.80. The number of amides is 1. The zero-order valence-electron chi connectivity index (χ0n) is 10.2. The number of hydrogen-bond acceptors (Lipinski definition) is 3.